The summed E-state index contributed by atoms with van der Waals surface area (Å²) in [5, 5.41) is 0. The number of imide groups is 1. The van der Waals surface area contributed by atoms with Crippen LogP contribution in [0.2, 0.25) is 0 Å². The molecule has 1 aromatic carbocycles. The third-order valence-electron chi connectivity index (χ3n) is 3.90. The summed E-state index contributed by atoms with van der Waals surface area (Å²) in [4.78, 5) is 49.0. The van der Waals surface area contributed by atoms with E-state index in [-0.39, 0.29) is 19.6 Å². The number of cyclic esters (lactones) is 1. The van der Waals surface area contributed by atoms with Gasteiger partial charge in [-0.15, -0.1) is 0 Å². The molecule has 0 bridgehead atoms. The van der Waals surface area contributed by atoms with Crippen molar-refractivity contribution in [1.82, 2.24) is 4.90 Å². The molecule has 1 saturated heterocycles. The maximum absolute atomic E-state index is 12.3. The van der Waals surface area contributed by atoms with Crippen LogP contribution in [0.25, 0.3) is 0 Å². The SMILES string of the molecule is CCOC(=O)[C@@H]1C[C@@H](CN2C(=O)c3ccccc3C2=O)OC1=O. The van der Waals surface area contributed by atoms with E-state index in [1.165, 1.54) is 0 Å². The maximum atomic E-state index is 12.3. The molecule has 23 heavy (non-hydrogen) atoms. The molecule has 1 aromatic rings. The monoisotopic (exact) mass is 317 g/mol. The summed E-state index contributed by atoms with van der Waals surface area (Å²) in [7, 11) is 0. The van der Waals surface area contributed by atoms with Crippen LogP contribution in [0.1, 0.15) is 34.1 Å². The Hall–Kier alpha value is -2.70. The minimum Gasteiger partial charge on any atom is -0.465 e. The second-order valence-corrected chi connectivity index (χ2v) is 5.37. The van der Waals surface area contributed by atoms with E-state index in [9.17, 15) is 19.2 Å². The first-order chi connectivity index (χ1) is 11.0. The molecular formula is C16H15NO6. The van der Waals surface area contributed by atoms with Gasteiger partial charge in [0.05, 0.1) is 24.3 Å². The number of carbonyl (C=O) groups excluding carboxylic acids is 4. The number of hydrogen-bond donors (Lipinski definition) is 0. The van der Waals surface area contributed by atoms with Gasteiger partial charge in [-0.05, 0) is 19.1 Å². The molecule has 3 rings (SSSR count). The van der Waals surface area contributed by atoms with E-state index >= 15 is 0 Å². The fraction of sp³-hybridized carbons (Fsp3) is 0.375. The van der Waals surface area contributed by atoms with Gasteiger partial charge in [0.1, 0.15) is 6.10 Å². The van der Waals surface area contributed by atoms with Crippen LogP contribution in [0.15, 0.2) is 24.3 Å². The molecule has 0 unspecified atom stereocenters. The lowest BCUT2D eigenvalue weighted by Gasteiger charge is -2.17. The van der Waals surface area contributed by atoms with Gasteiger partial charge in [-0.1, -0.05) is 12.1 Å². The first kappa shape index (κ1) is 15.2. The van der Waals surface area contributed by atoms with Crippen LogP contribution in [0.3, 0.4) is 0 Å². The van der Waals surface area contributed by atoms with Gasteiger partial charge in [-0.2, -0.15) is 0 Å². The summed E-state index contributed by atoms with van der Waals surface area (Å²) >= 11 is 0. The summed E-state index contributed by atoms with van der Waals surface area (Å²) < 4.78 is 9.93. The number of nitrogens with zero attached hydrogens (tertiary/aromatic N) is 1. The fourth-order valence-corrected chi connectivity index (χ4v) is 2.81. The largest absolute Gasteiger partial charge is 0.465 e. The third kappa shape index (κ3) is 2.58. The number of rotatable bonds is 4. The number of amides is 2. The number of benzene rings is 1. The second-order valence-electron chi connectivity index (χ2n) is 5.37. The van der Waals surface area contributed by atoms with Crippen LogP contribution in [-0.4, -0.2) is 47.9 Å². The Bertz CT molecular complexity index is 663. The van der Waals surface area contributed by atoms with E-state index in [0.717, 1.165) is 4.90 Å². The molecule has 2 aliphatic rings. The van der Waals surface area contributed by atoms with Crippen molar-refractivity contribution < 1.29 is 28.7 Å². The van der Waals surface area contributed by atoms with E-state index < -0.39 is 35.8 Å². The highest BCUT2D eigenvalue weighted by molar-refractivity contribution is 6.21. The number of esters is 2. The summed E-state index contributed by atoms with van der Waals surface area (Å²) in [5.74, 6) is -3.13. The van der Waals surface area contributed by atoms with E-state index in [2.05, 4.69) is 0 Å². The molecule has 1 fully saturated rings. The van der Waals surface area contributed by atoms with E-state index in [0.29, 0.717) is 11.1 Å². The van der Waals surface area contributed by atoms with Crippen molar-refractivity contribution in [2.75, 3.05) is 13.2 Å². The predicted octanol–water partition coefficient (Wildman–Crippen LogP) is 0.777. The van der Waals surface area contributed by atoms with Gasteiger partial charge in [0.2, 0.25) is 0 Å². The Morgan fingerprint density at radius 3 is 2.39 bits per heavy atom. The molecular weight excluding hydrogens is 302 g/mol. The molecule has 0 spiro atoms. The number of fused-ring (bicyclic) bond motifs is 1. The van der Waals surface area contributed by atoms with Crippen molar-refractivity contribution in [2.24, 2.45) is 5.92 Å². The summed E-state index contributed by atoms with van der Waals surface area (Å²) in [6.45, 7) is 1.76. The molecule has 0 aromatic heterocycles. The average Bonchev–Trinajstić information content (AvgIpc) is 3.02. The topological polar surface area (TPSA) is 90.0 Å². The zero-order valence-corrected chi connectivity index (χ0v) is 12.5. The molecule has 2 aliphatic heterocycles. The van der Waals surface area contributed by atoms with Crippen LogP contribution in [-0.2, 0) is 19.1 Å². The Kier molecular flexibility index (Phi) is 3.85. The molecule has 120 valence electrons. The first-order valence-corrected chi connectivity index (χ1v) is 7.35. The van der Waals surface area contributed by atoms with Crippen LogP contribution < -0.4 is 0 Å². The normalized spacial score (nSPS) is 23.0. The number of ether oxygens (including phenoxy) is 2. The van der Waals surface area contributed by atoms with Gasteiger partial charge in [0, 0.05) is 6.42 Å². The van der Waals surface area contributed by atoms with Gasteiger partial charge in [-0.3, -0.25) is 24.1 Å². The van der Waals surface area contributed by atoms with E-state index in [1.54, 1.807) is 31.2 Å². The van der Waals surface area contributed by atoms with Crippen molar-refractivity contribution >= 4 is 23.8 Å². The molecule has 7 heteroatoms. The highest BCUT2D eigenvalue weighted by atomic mass is 16.6. The highest BCUT2D eigenvalue weighted by Crippen LogP contribution is 2.27. The molecule has 7 nitrogen and oxygen atoms in total. The van der Waals surface area contributed by atoms with Gasteiger partial charge < -0.3 is 9.47 Å². The lowest BCUT2D eigenvalue weighted by molar-refractivity contribution is -0.156. The van der Waals surface area contributed by atoms with Crippen molar-refractivity contribution in [3.63, 3.8) is 0 Å². The molecule has 0 radical (unpaired) electrons. The summed E-state index contributed by atoms with van der Waals surface area (Å²) in [5.41, 5.74) is 0.674. The Morgan fingerprint density at radius 2 is 1.83 bits per heavy atom. The standard InChI is InChI=1S/C16H15NO6/c1-2-22-15(20)12-7-9(23-16(12)21)8-17-13(18)10-5-3-4-6-11(10)14(17)19/h3-6,9,12H,2,7-8H2,1H3/t9-,12-/m0/s1. The summed E-state index contributed by atoms with van der Waals surface area (Å²) in [6.07, 6.45) is -0.593. The van der Waals surface area contributed by atoms with Crippen LogP contribution >= 0.6 is 0 Å². The molecule has 2 heterocycles. The van der Waals surface area contributed by atoms with Crippen molar-refractivity contribution in [3.8, 4) is 0 Å². The maximum Gasteiger partial charge on any atom is 0.320 e. The average molecular weight is 317 g/mol. The first-order valence-electron chi connectivity index (χ1n) is 7.35. The molecule has 2 atom stereocenters. The van der Waals surface area contributed by atoms with Gasteiger partial charge in [0.25, 0.3) is 11.8 Å². The smallest absolute Gasteiger partial charge is 0.320 e. The Morgan fingerprint density at radius 1 is 1.22 bits per heavy atom. The number of carbonyl (C=O) groups is 4. The van der Waals surface area contributed by atoms with Crippen LogP contribution in [0.4, 0.5) is 0 Å². The summed E-state index contributed by atoms with van der Waals surface area (Å²) in [6, 6.07) is 6.52. The molecule has 0 N–H and O–H groups in total. The Labute approximate surface area is 132 Å². The quantitative estimate of drug-likeness (QED) is 0.463. The van der Waals surface area contributed by atoms with Crippen molar-refractivity contribution in [1.29, 1.82) is 0 Å². The van der Waals surface area contributed by atoms with Crippen molar-refractivity contribution in [3.05, 3.63) is 35.4 Å². The molecule has 0 saturated carbocycles. The lowest BCUT2D eigenvalue weighted by Crippen LogP contribution is -2.36. The minimum atomic E-state index is -0.991. The zero-order valence-electron chi connectivity index (χ0n) is 12.5. The van der Waals surface area contributed by atoms with Crippen LogP contribution in [0, 0.1) is 5.92 Å². The minimum absolute atomic E-state index is 0.0615. The zero-order chi connectivity index (χ0) is 16.6. The lowest BCUT2D eigenvalue weighted by atomic mass is 10.1. The Balaban J connectivity index is 1.70. The van der Waals surface area contributed by atoms with E-state index in [1.807, 2.05) is 0 Å². The van der Waals surface area contributed by atoms with Gasteiger partial charge in [0.15, 0.2) is 5.92 Å². The highest BCUT2D eigenvalue weighted by Gasteiger charge is 2.44. The number of hydrogen-bond acceptors (Lipinski definition) is 6. The fourth-order valence-electron chi connectivity index (χ4n) is 2.81. The molecule has 2 amide bonds. The van der Waals surface area contributed by atoms with Crippen LogP contribution in [0.5, 0.6) is 0 Å². The van der Waals surface area contributed by atoms with Crippen molar-refractivity contribution in [2.45, 2.75) is 19.4 Å². The van der Waals surface area contributed by atoms with E-state index in [4.69, 9.17) is 9.47 Å². The van der Waals surface area contributed by atoms with Gasteiger partial charge >= 0.3 is 11.9 Å². The molecule has 0 aliphatic carbocycles. The predicted molar refractivity (Wildman–Crippen MR) is 76.4 cm³/mol. The second kappa shape index (κ2) is 5.83. The van der Waals surface area contributed by atoms with Gasteiger partial charge in [-0.25, -0.2) is 0 Å². The third-order valence-corrected chi connectivity index (χ3v) is 3.90.